The summed E-state index contributed by atoms with van der Waals surface area (Å²) in [6, 6.07) is 10.5. The molecule has 0 radical (unpaired) electrons. The van der Waals surface area contributed by atoms with Crippen LogP contribution in [-0.4, -0.2) is 49.5 Å². The van der Waals surface area contributed by atoms with Gasteiger partial charge in [-0.05, 0) is 31.7 Å². The monoisotopic (exact) mass is 356 g/mol. The topological polar surface area (TPSA) is 56.7 Å². The van der Waals surface area contributed by atoms with Crippen molar-refractivity contribution in [3.05, 3.63) is 41.5 Å². The zero-order valence-corrected chi connectivity index (χ0v) is 16.1. The zero-order valence-electron chi connectivity index (χ0n) is 16.1. The highest BCUT2D eigenvalue weighted by atomic mass is 16.1. The Balaban J connectivity index is 1.86. The summed E-state index contributed by atoms with van der Waals surface area (Å²) in [6.45, 7) is 8.17. The minimum atomic E-state index is 0.0816. The molecule has 0 atom stereocenters. The molecule has 5 nitrogen and oxygen atoms in total. The lowest BCUT2D eigenvalue weighted by molar-refractivity contribution is -0.120. The number of hydrogen-bond acceptors (Lipinski definition) is 2. The van der Waals surface area contributed by atoms with Crippen molar-refractivity contribution in [2.45, 2.75) is 39.5 Å². The lowest BCUT2D eigenvalue weighted by Gasteiger charge is -2.31. The van der Waals surface area contributed by atoms with Gasteiger partial charge >= 0.3 is 0 Å². The third-order valence-electron chi connectivity index (χ3n) is 4.38. The number of piperidine rings is 1. The molecule has 2 N–H and O–H groups in total. The van der Waals surface area contributed by atoms with Gasteiger partial charge in [0, 0.05) is 32.6 Å². The van der Waals surface area contributed by atoms with Gasteiger partial charge < -0.3 is 15.5 Å². The first-order valence-electron chi connectivity index (χ1n) is 9.77. The Morgan fingerprint density at radius 3 is 2.54 bits per heavy atom. The average Bonchev–Trinajstić information content (AvgIpc) is 2.67. The summed E-state index contributed by atoms with van der Waals surface area (Å²) < 4.78 is 0. The van der Waals surface area contributed by atoms with Crippen LogP contribution >= 0.6 is 0 Å². The Labute approximate surface area is 157 Å². The molecular formula is C21H32N4O. The molecule has 0 aliphatic carbocycles. The normalized spacial score (nSPS) is 14.9. The van der Waals surface area contributed by atoms with Crippen molar-refractivity contribution in [2.75, 3.05) is 32.7 Å². The summed E-state index contributed by atoms with van der Waals surface area (Å²) in [5.41, 5.74) is 2.76. The number of carbonyl (C=O) groups is 1. The van der Waals surface area contributed by atoms with E-state index in [4.69, 9.17) is 0 Å². The number of rotatable bonds is 7. The van der Waals surface area contributed by atoms with Crippen LogP contribution in [0, 0.1) is 0 Å². The Bertz CT molecular complexity index is 600. The molecule has 0 unspecified atom stereocenters. The van der Waals surface area contributed by atoms with Gasteiger partial charge in [0.1, 0.15) is 0 Å². The van der Waals surface area contributed by atoms with Crippen LogP contribution in [0.5, 0.6) is 0 Å². The highest BCUT2D eigenvalue weighted by Crippen LogP contribution is 2.19. The summed E-state index contributed by atoms with van der Waals surface area (Å²) in [5.74, 6) is 1.01. The second-order valence-corrected chi connectivity index (χ2v) is 6.54. The molecular weight excluding hydrogens is 324 g/mol. The first-order valence-corrected chi connectivity index (χ1v) is 9.77. The standard InChI is InChI=1S/C21H32N4O/c1-3-13-23-20(26)10-14-24-21(22-4-2)25-15-11-19(12-16-25)17-18-8-6-5-7-9-18/h5-9,17H,3-4,10-16H2,1-2H3,(H,22,24)(H,23,26). The van der Waals surface area contributed by atoms with Crippen LogP contribution in [0.3, 0.4) is 0 Å². The van der Waals surface area contributed by atoms with Crippen LogP contribution in [-0.2, 0) is 4.79 Å². The van der Waals surface area contributed by atoms with Crippen molar-refractivity contribution >= 4 is 17.9 Å². The smallest absolute Gasteiger partial charge is 0.221 e. The third kappa shape index (κ3) is 6.90. The van der Waals surface area contributed by atoms with E-state index < -0.39 is 0 Å². The Morgan fingerprint density at radius 1 is 1.15 bits per heavy atom. The van der Waals surface area contributed by atoms with E-state index in [2.05, 4.69) is 64.7 Å². The minimum Gasteiger partial charge on any atom is -0.357 e. The molecule has 1 aromatic rings. The van der Waals surface area contributed by atoms with Gasteiger partial charge in [0.2, 0.25) is 5.91 Å². The molecule has 1 aliphatic rings. The number of hydrogen-bond donors (Lipinski definition) is 2. The summed E-state index contributed by atoms with van der Waals surface area (Å²) in [4.78, 5) is 18.7. The summed E-state index contributed by atoms with van der Waals surface area (Å²) in [7, 11) is 0. The molecule has 0 bridgehead atoms. The number of nitrogens with one attached hydrogen (secondary N) is 2. The van der Waals surface area contributed by atoms with Gasteiger partial charge in [-0.1, -0.05) is 48.9 Å². The molecule has 1 fully saturated rings. The number of benzene rings is 1. The molecule has 1 amide bonds. The first-order chi connectivity index (χ1) is 12.7. The number of aliphatic imine (C=N–C) groups is 1. The predicted molar refractivity (Wildman–Crippen MR) is 109 cm³/mol. The minimum absolute atomic E-state index is 0.0816. The fourth-order valence-corrected chi connectivity index (χ4v) is 2.98. The predicted octanol–water partition coefficient (Wildman–Crippen LogP) is 3.05. The van der Waals surface area contributed by atoms with Crippen LogP contribution < -0.4 is 10.6 Å². The molecule has 0 spiro atoms. The Kier molecular flexibility index (Phi) is 8.73. The van der Waals surface area contributed by atoms with Gasteiger partial charge in [0.15, 0.2) is 5.96 Å². The van der Waals surface area contributed by atoms with Crippen LogP contribution in [0.1, 0.15) is 45.1 Å². The van der Waals surface area contributed by atoms with Gasteiger partial charge in [-0.3, -0.25) is 9.79 Å². The average molecular weight is 357 g/mol. The second kappa shape index (κ2) is 11.3. The highest BCUT2D eigenvalue weighted by molar-refractivity contribution is 5.81. The van der Waals surface area contributed by atoms with E-state index in [-0.39, 0.29) is 5.91 Å². The van der Waals surface area contributed by atoms with E-state index in [0.717, 1.165) is 51.4 Å². The molecule has 1 saturated heterocycles. The lowest BCUT2D eigenvalue weighted by atomic mass is 10.0. The molecule has 0 aromatic heterocycles. The summed E-state index contributed by atoms with van der Waals surface area (Å²) in [5, 5.41) is 6.26. The van der Waals surface area contributed by atoms with Crippen LogP contribution in [0.4, 0.5) is 0 Å². The highest BCUT2D eigenvalue weighted by Gasteiger charge is 2.17. The first kappa shape index (κ1) is 20.0. The Morgan fingerprint density at radius 2 is 1.88 bits per heavy atom. The maximum Gasteiger partial charge on any atom is 0.221 e. The zero-order chi connectivity index (χ0) is 18.6. The van der Waals surface area contributed by atoms with Crippen LogP contribution in [0.25, 0.3) is 6.08 Å². The quantitative estimate of drug-likeness (QED) is 0.583. The number of nitrogens with zero attached hydrogens (tertiary/aromatic N) is 2. The van der Waals surface area contributed by atoms with E-state index in [1.807, 2.05) is 6.07 Å². The van der Waals surface area contributed by atoms with Crippen molar-refractivity contribution < 1.29 is 4.79 Å². The summed E-state index contributed by atoms with van der Waals surface area (Å²) in [6.07, 6.45) is 5.82. The lowest BCUT2D eigenvalue weighted by Crippen LogP contribution is -2.44. The van der Waals surface area contributed by atoms with Crippen LogP contribution in [0.15, 0.2) is 40.9 Å². The van der Waals surface area contributed by atoms with Crippen molar-refractivity contribution in [1.29, 1.82) is 0 Å². The fourth-order valence-electron chi connectivity index (χ4n) is 2.98. The molecule has 1 aromatic carbocycles. The SMILES string of the molecule is CCCNC(=O)CCN=C(NCC)N1CCC(=Cc2ccccc2)CC1. The molecule has 0 saturated carbocycles. The fraction of sp³-hybridized carbons (Fsp3) is 0.524. The molecule has 5 heteroatoms. The number of likely N-dealkylation sites (tertiary alicyclic amines) is 1. The summed E-state index contributed by atoms with van der Waals surface area (Å²) >= 11 is 0. The molecule has 142 valence electrons. The number of guanidine groups is 1. The molecule has 1 aliphatic heterocycles. The maximum atomic E-state index is 11.7. The maximum absolute atomic E-state index is 11.7. The number of carbonyl (C=O) groups excluding carboxylic acids is 1. The van der Waals surface area contributed by atoms with Gasteiger partial charge in [-0.2, -0.15) is 0 Å². The van der Waals surface area contributed by atoms with Crippen LogP contribution in [0.2, 0.25) is 0 Å². The van der Waals surface area contributed by atoms with Crippen molar-refractivity contribution in [1.82, 2.24) is 15.5 Å². The Hall–Kier alpha value is -2.30. The van der Waals surface area contributed by atoms with E-state index in [9.17, 15) is 4.79 Å². The molecule has 1 heterocycles. The van der Waals surface area contributed by atoms with Crippen molar-refractivity contribution in [2.24, 2.45) is 4.99 Å². The molecule has 2 rings (SSSR count). The van der Waals surface area contributed by atoms with Gasteiger partial charge in [0.25, 0.3) is 0 Å². The van der Waals surface area contributed by atoms with Crippen molar-refractivity contribution in [3.8, 4) is 0 Å². The third-order valence-corrected chi connectivity index (χ3v) is 4.38. The van der Waals surface area contributed by atoms with Crippen molar-refractivity contribution in [3.63, 3.8) is 0 Å². The van der Waals surface area contributed by atoms with Gasteiger partial charge in [-0.15, -0.1) is 0 Å². The van der Waals surface area contributed by atoms with E-state index in [0.29, 0.717) is 13.0 Å². The van der Waals surface area contributed by atoms with E-state index >= 15 is 0 Å². The second-order valence-electron chi connectivity index (χ2n) is 6.54. The number of amides is 1. The van der Waals surface area contributed by atoms with E-state index in [1.54, 1.807) is 0 Å². The van der Waals surface area contributed by atoms with Gasteiger partial charge in [0.05, 0.1) is 6.54 Å². The largest absolute Gasteiger partial charge is 0.357 e. The molecule has 26 heavy (non-hydrogen) atoms. The van der Waals surface area contributed by atoms with E-state index in [1.165, 1.54) is 11.1 Å². The van der Waals surface area contributed by atoms with Gasteiger partial charge in [-0.25, -0.2) is 0 Å².